The summed E-state index contributed by atoms with van der Waals surface area (Å²) in [6, 6.07) is 10.8. The van der Waals surface area contributed by atoms with Crippen LogP contribution in [-0.4, -0.2) is 67.0 Å². The first kappa shape index (κ1) is 20.6. The van der Waals surface area contributed by atoms with Gasteiger partial charge in [0.1, 0.15) is 6.04 Å². The minimum atomic E-state index is -0.531. The number of morpholine rings is 1. The number of carbonyl (C=O) groups excluding carboxylic acids is 2. The Hall–Kier alpha value is -2.64. The van der Waals surface area contributed by atoms with Gasteiger partial charge in [0.2, 0.25) is 5.91 Å². The van der Waals surface area contributed by atoms with E-state index in [1.54, 1.807) is 17.0 Å². The number of nitrogens with one attached hydrogen (secondary N) is 1. The lowest BCUT2D eigenvalue weighted by atomic mass is 9.93. The van der Waals surface area contributed by atoms with Crippen LogP contribution in [0.5, 0.6) is 0 Å². The van der Waals surface area contributed by atoms with Crippen molar-refractivity contribution in [2.24, 2.45) is 0 Å². The van der Waals surface area contributed by atoms with E-state index in [2.05, 4.69) is 10.2 Å². The molecule has 160 valence electrons. The Balaban J connectivity index is 1.34. The van der Waals surface area contributed by atoms with Crippen LogP contribution in [0.1, 0.15) is 34.5 Å². The van der Waals surface area contributed by atoms with E-state index in [0.717, 1.165) is 56.8 Å². The van der Waals surface area contributed by atoms with Crippen LogP contribution in [0.4, 0.5) is 0 Å². The highest BCUT2D eigenvalue weighted by atomic mass is 16.5. The van der Waals surface area contributed by atoms with E-state index in [4.69, 9.17) is 9.15 Å². The predicted octanol–water partition coefficient (Wildman–Crippen LogP) is 2.08. The van der Waals surface area contributed by atoms with Crippen LogP contribution in [0.2, 0.25) is 0 Å². The molecule has 0 radical (unpaired) electrons. The molecule has 1 unspecified atom stereocenters. The molecule has 1 atom stereocenters. The number of amides is 2. The van der Waals surface area contributed by atoms with Crippen LogP contribution in [0.15, 0.2) is 47.1 Å². The number of furan rings is 1. The highest BCUT2D eigenvalue weighted by molar-refractivity contribution is 5.96. The highest BCUT2D eigenvalue weighted by Crippen LogP contribution is 2.25. The standard InChI is InChI=1S/C23H29N3O4/c27-22(24-9-3-4-10-25-11-14-29-15-12-25)20-16-18-6-1-2-7-19(18)17-26(20)23(28)21-8-5-13-30-21/h1-2,5-8,13,20H,3-4,9-12,14-17H2,(H,24,27). The summed E-state index contributed by atoms with van der Waals surface area (Å²) >= 11 is 0. The summed E-state index contributed by atoms with van der Waals surface area (Å²) in [5.74, 6) is -0.0876. The fraction of sp³-hybridized carbons (Fsp3) is 0.478. The molecule has 7 heteroatoms. The van der Waals surface area contributed by atoms with Crippen molar-refractivity contribution in [2.75, 3.05) is 39.4 Å². The van der Waals surface area contributed by atoms with Gasteiger partial charge in [0.15, 0.2) is 5.76 Å². The summed E-state index contributed by atoms with van der Waals surface area (Å²) in [4.78, 5) is 30.0. The minimum absolute atomic E-state index is 0.101. The molecule has 1 aromatic heterocycles. The van der Waals surface area contributed by atoms with Gasteiger partial charge in [-0.25, -0.2) is 0 Å². The summed E-state index contributed by atoms with van der Waals surface area (Å²) in [6.07, 6.45) is 3.94. The van der Waals surface area contributed by atoms with Gasteiger partial charge in [0, 0.05) is 32.6 Å². The third kappa shape index (κ3) is 4.91. The fourth-order valence-electron chi connectivity index (χ4n) is 4.13. The van der Waals surface area contributed by atoms with Crippen LogP contribution in [-0.2, 0) is 22.5 Å². The number of carbonyl (C=O) groups is 2. The number of fused-ring (bicyclic) bond motifs is 1. The van der Waals surface area contributed by atoms with Crippen molar-refractivity contribution in [1.82, 2.24) is 15.1 Å². The summed E-state index contributed by atoms with van der Waals surface area (Å²) in [7, 11) is 0. The predicted molar refractivity (Wildman–Crippen MR) is 112 cm³/mol. The Labute approximate surface area is 177 Å². The molecular formula is C23H29N3O4. The molecule has 1 aromatic carbocycles. The smallest absolute Gasteiger partial charge is 0.290 e. The number of rotatable bonds is 7. The molecule has 2 aliphatic rings. The maximum Gasteiger partial charge on any atom is 0.290 e. The van der Waals surface area contributed by atoms with Crippen LogP contribution in [0.25, 0.3) is 0 Å². The normalized spacial score (nSPS) is 19.3. The minimum Gasteiger partial charge on any atom is -0.459 e. The fourth-order valence-corrected chi connectivity index (χ4v) is 4.13. The van der Waals surface area contributed by atoms with Gasteiger partial charge < -0.3 is 19.4 Å². The van der Waals surface area contributed by atoms with Crippen molar-refractivity contribution in [3.63, 3.8) is 0 Å². The molecule has 3 heterocycles. The molecule has 1 N–H and O–H groups in total. The molecule has 2 amide bonds. The van der Waals surface area contributed by atoms with Gasteiger partial charge in [-0.05, 0) is 42.6 Å². The van der Waals surface area contributed by atoms with E-state index in [1.165, 1.54) is 6.26 Å². The van der Waals surface area contributed by atoms with Crippen molar-refractivity contribution >= 4 is 11.8 Å². The lowest BCUT2D eigenvalue weighted by Crippen LogP contribution is -2.52. The van der Waals surface area contributed by atoms with Gasteiger partial charge in [0.05, 0.1) is 19.5 Å². The molecule has 0 bridgehead atoms. The van der Waals surface area contributed by atoms with Crippen molar-refractivity contribution in [2.45, 2.75) is 31.8 Å². The number of nitrogens with zero attached hydrogens (tertiary/aromatic N) is 2. The summed E-state index contributed by atoms with van der Waals surface area (Å²) in [5.41, 5.74) is 2.19. The van der Waals surface area contributed by atoms with E-state index in [0.29, 0.717) is 19.5 Å². The highest BCUT2D eigenvalue weighted by Gasteiger charge is 2.35. The van der Waals surface area contributed by atoms with Crippen molar-refractivity contribution < 1.29 is 18.7 Å². The number of hydrogen-bond acceptors (Lipinski definition) is 5. The number of hydrogen-bond donors (Lipinski definition) is 1. The van der Waals surface area contributed by atoms with E-state index in [9.17, 15) is 9.59 Å². The quantitative estimate of drug-likeness (QED) is 0.706. The second kappa shape index (κ2) is 9.91. The number of unbranched alkanes of at least 4 members (excludes halogenated alkanes) is 1. The topological polar surface area (TPSA) is 75.0 Å². The lowest BCUT2D eigenvalue weighted by molar-refractivity contribution is -0.126. The molecule has 0 spiro atoms. The Bertz CT molecular complexity index is 846. The summed E-state index contributed by atoms with van der Waals surface area (Å²) in [6.45, 7) is 5.63. The Kier molecular flexibility index (Phi) is 6.81. The lowest BCUT2D eigenvalue weighted by Gasteiger charge is -2.35. The third-order valence-electron chi connectivity index (χ3n) is 5.85. The third-order valence-corrected chi connectivity index (χ3v) is 5.85. The molecule has 30 heavy (non-hydrogen) atoms. The zero-order chi connectivity index (χ0) is 20.8. The van der Waals surface area contributed by atoms with Crippen molar-refractivity contribution in [3.05, 3.63) is 59.5 Å². The SMILES string of the molecule is O=C(NCCCCN1CCOCC1)C1Cc2ccccc2CN1C(=O)c1ccco1. The first-order valence-electron chi connectivity index (χ1n) is 10.7. The monoisotopic (exact) mass is 411 g/mol. The Morgan fingerprint density at radius 2 is 1.83 bits per heavy atom. The van der Waals surface area contributed by atoms with E-state index in [-0.39, 0.29) is 17.6 Å². The second-order valence-electron chi connectivity index (χ2n) is 7.85. The van der Waals surface area contributed by atoms with E-state index in [1.807, 2.05) is 24.3 Å². The first-order valence-corrected chi connectivity index (χ1v) is 10.7. The Morgan fingerprint density at radius 3 is 2.60 bits per heavy atom. The van der Waals surface area contributed by atoms with E-state index >= 15 is 0 Å². The van der Waals surface area contributed by atoms with Crippen LogP contribution in [0.3, 0.4) is 0 Å². The van der Waals surface area contributed by atoms with Gasteiger partial charge >= 0.3 is 0 Å². The van der Waals surface area contributed by atoms with E-state index < -0.39 is 6.04 Å². The largest absolute Gasteiger partial charge is 0.459 e. The van der Waals surface area contributed by atoms with Gasteiger partial charge in [-0.2, -0.15) is 0 Å². The maximum atomic E-state index is 13.0. The van der Waals surface area contributed by atoms with Gasteiger partial charge in [-0.1, -0.05) is 24.3 Å². The average Bonchev–Trinajstić information content (AvgIpc) is 3.33. The Morgan fingerprint density at radius 1 is 1.03 bits per heavy atom. The van der Waals surface area contributed by atoms with Crippen molar-refractivity contribution in [1.29, 1.82) is 0 Å². The number of ether oxygens (including phenoxy) is 1. The van der Waals surface area contributed by atoms with Gasteiger partial charge in [-0.3, -0.25) is 14.5 Å². The molecule has 0 saturated carbocycles. The maximum absolute atomic E-state index is 13.0. The van der Waals surface area contributed by atoms with Crippen LogP contribution < -0.4 is 5.32 Å². The van der Waals surface area contributed by atoms with Crippen LogP contribution in [0, 0.1) is 0 Å². The second-order valence-corrected chi connectivity index (χ2v) is 7.85. The zero-order valence-electron chi connectivity index (χ0n) is 17.2. The van der Waals surface area contributed by atoms with Crippen LogP contribution >= 0.6 is 0 Å². The molecule has 0 aliphatic carbocycles. The first-order chi connectivity index (χ1) is 14.7. The molecular weight excluding hydrogens is 382 g/mol. The van der Waals surface area contributed by atoms with Gasteiger partial charge in [-0.15, -0.1) is 0 Å². The molecule has 4 rings (SSSR count). The summed E-state index contributed by atoms with van der Waals surface area (Å²) in [5, 5.41) is 3.04. The molecule has 1 saturated heterocycles. The number of benzene rings is 1. The molecule has 7 nitrogen and oxygen atoms in total. The zero-order valence-corrected chi connectivity index (χ0v) is 17.2. The molecule has 2 aliphatic heterocycles. The average molecular weight is 412 g/mol. The van der Waals surface area contributed by atoms with Gasteiger partial charge in [0.25, 0.3) is 5.91 Å². The van der Waals surface area contributed by atoms with Crippen molar-refractivity contribution in [3.8, 4) is 0 Å². The molecule has 1 fully saturated rings. The summed E-state index contributed by atoms with van der Waals surface area (Å²) < 4.78 is 10.7. The molecule has 2 aromatic rings.